The molecule has 3 nitrogen and oxygen atoms in total. The van der Waals surface area contributed by atoms with Crippen molar-refractivity contribution in [1.29, 1.82) is 0 Å². The molecule has 0 spiro atoms. The Bertz CT molecular complexity index is 483. The lowest BCUT2D eigenvalue weighted by molar-refractivity contribution is -0.124. The molecule has 0 atom stereocenters. The first-order valence-electron chi connectivity index (χ1n) is 5.61. The second kappa shape index (κ2) is 7.57. The lowest BCUT2D eigenvalue weighted by atomic mass is 10.2. The molecule has 0 radical (unpaired) electrons. The molecule has 0 bridgehead atoms. The van der Waals surface area contributed by atoms with Crippen LogP contribution in [-0.2, 0) is 9.59 Å². The number of carbonyl (C=O) groups excluding carboxylic acids is 2. The van der Waals surface area contributed by atoms with Crippen molar-refractivity contribution >= 4 is 30.0 Å². The van der Waals surface area contributed by atoms with E-state index in [0.717, 1.165) is 17.7 Å². The molecule has 0 heterocycles. The number of ketones is 1. The molecular formula is C14H15NO2S. The molecular weight excluding hydrogens is 246 g/mol. The van der Waals surface area contributed by atoms with Gasteiger partial charge in [-0.2, -0.15) is 12.6 Å². The number of amides is 1. The summed E-state index contributed by atoms with van der Waals surface area (Å²) >= 11 is 4.07. The molecule has 18 heavy (non-hydrogen) atoms. The molecule has 0 aliphatic carbocycles. The third-order valence-electron chi connectivity index (χ3n) is 2.05. The molecule has 1 N–H and O–H groups in total. The summed E-state index contributed by atoms with van der Waals surface area (Å²) in [6, 6.07) is 7.19. The molecule has 1 rings (SSSR count). The van der Waals surface area contributed by atoms with Crippen molar-refractivity contribution in [3.8, 4) is 11.8 Å². The second-order valence-electron chi connectivity index (χ2n) is 3.78. The van der Waals surface area contributed by atoms with Crippen LogP contribution in [0.3, 0.4) is 0 Å². The third-order valence-corrected chi connectivity index (χ3v) is 2.27. The van der Waals surface area contributed by atoms with Crippen LogP contribution in [0.2, 0.25) is 0 Å². The van der Waals surface area contributed by atoms with Gasteiger partial charge in [-0.05, 0) is 31.2 Å². The van der Waals surface area contributed by atoms with Gasteiger partial charge in [-0.3, -0.25) is 9.59 Å². The quantitative estimate of drug-likeness (QED) is 0.496. The largest absolute Gasteiger partial charge is 0.326 e. The Morgan fingerprint density at radius 3 is 2.50 bits per heavy atom. The van der Waals surface area contributed by atoms with Gasteiger partial charge in [-0.25, -0.2) is 0 Å². The minimum atomic E-state index is -0.295. The first kappa shape index (κ1) is 14.3. The fourth-order valence-electron chi connectivity index (χ4n) is 1.29. The summed E-state index contributed by atoms with van der Waals surface area (Å²) in [5.41, 5.74) is 1.56. The normalized spacial score (nSPS) is 9.22. The van der Waals surface area contributed by atoms with Crippen molar-refractivity contribution in [2.24, 2.45) is 0 Å². The zero-order valence-electron chi connectivity index (χ0n) is 10.2. The Morgan fingerprint density at radius 2 is 1.94 bits per heavy atom. The van der Waals surface area contributed by atoms with E-state index in [1.54, 1.807) is 12.1 Å². The molecule has 1 aromatic rings. The summed E-state index contributed by atoms with van der Waals surface area (Å²) in [6.07, 6.45) is 0.656. The first-order chi connectivity index (χ1) is 8.61. The van der Waals surface area contributed by atoms with E-state index in [9.17, 15) is 9.59 Å². The molecule has 0 saturated carbocycles. The van der Waals surface area contributed by atoms with Gasteiger partial charge < -0.3 is 5.32 Å². The molecule has 0 unspecified atom stereocenters. The Morgan fingerprint density at radius 1 is 1.28 bits per heavy atom. The SMILES string of the molecule is CC(=O)CC(=O)Nc1ccc(C#CCCS)cc1. The summed E-state index contributed by atoms with van der Waals surface area (Å²) in [6.45, 7) is 1.39. The number of benzene rings is 1. The Kier molecular flexibility index (Phi) is 6.03. The van der Waals surface area contributed by atoms with Crippen molar-refractivity contribution in [2.45, 2.75) is 19.8 Å². The minimum Gasteiger partial charge on any atom is -0.326 e. The van der Waals surface area contributed by atoms with Gasteiger partial charge >= 0.3 is 0 Å². The average molecular weight is 261 g/mol. The molecule has 0 fully saturated rings. The van der Waals surface area contributed by atoms with Gasteiger partial charge in [0.1, 0.15) is 5.78 Å². The molecule has 0 aliphatic heterocycles. The van der Waals surface area contributed by atoms with Crippen molar-refractivity contribution in [2.75, 3.05) is 11.1 Å². The molecule has 1 aromatic carbocycles. The molecule has 0 aromatic heterocycles. The maximum absolute atomic E-state index is 11.4. The number of Topliss-reactive ketones (excluding diaryl/α,β-unsaturated/α-hetero) is 1. The van der Waals surface area contributed by atoms with Gasteiger partial charge in [0.05, 0.1) is 6.42 Å². The maximum atomic E-state index is 11.4. The van der Waals surface area contributed by atoms with Crippen molar-refractivity contribution in [3.05, 3.63) is 29.8 Å². The van der Waals surface area contributed by atoms with Gasteiger partial charge in [-0.1, -0.05) is 11.8 Å². The van der Waals surface area contributed by atoms with Gasteiger partial charge in [0.15, 0.2) is 0 Å². The highest BCUT2D eigenvalue weighted by molar-refractivity contribution is 7.80. The minimum absolute atomic E-state index is 0.0937. The van der Waals surface area contributed by atoms with E-state index in [1.165, 1.54) is 6.92 Å². The fraction of sp³-hybridized carbons (Fsp3) is 0.286. The maximum Gasteiger partial charge on any atom is 0.231 e. The van der Waals surface area contributed by atoms with Crippen LogP contribution < -0.4 is 5.32 Å². The van der Waals surface area contributed by atoms with Crippen molar-refractivity contribution in [1.82, 2.24) is 0 Å². The highest BCUT2D eigenvalue weighted by Gasteiger charge is 2.04. The van der Waals surface area contributed by atoms with E-state index in [2.05, 4.69) is 29.8 Å². The lowest BCUT2D eigenvalue weighted by Crippen LogP contribution is -2.14. The molecule has 0 saturated heterocycles. The van der Waals surface area contributed by atoms with Crippen molar-refractivity contribution in [3.63, 3.8) is 0 Å². The van der Waals surface area contributed by atoms with Crippen LogP contribution in [-0.4, -0.2) is 17.4 Å². The Hall–Kier alpha value is -1.73. The number of anilines is 1. The van der Waals surface area contributed by atoms with E-state index in [0.29, 0.717) is 5.69 Å². The van der Waals surface area contributed by atoms with E-state index >= 15 is 0 Å². The van der Waals surface area contributed by atoms with Crippen LogP contribution in [0.25, 0.3) is 0 Å². The van der Waals surface area contributed by atoms with Gasteiger partial charge in [0, 0.05) is 23.4 Å². The highest BCUT2D eigenvalue weighted by Crippen LogP contribution is 2.09. The third kappa shape index (κ3) is 5.55. The topological polar surface area (TPSA) is 46.2 Å². The van der Waals surface area contributed by atoms with Crippen LogP contribution in [0.15, 0.2) is 24.3 Å². The van der Waals surface area contributed by atoms with Crippen LogP contribution >= 0.6 is 12.6 Å². The molecule has 0 aliphatic rings. The van der Waals surface area contributed by atoms with Crippen LogP contribution in [0.1, 0.15) is 25.3 Å². The predicted octanol–water partition coefficient (Wildman–Crippen LogP) is 2.28. The molecule has 94 valence electrons. The van der Waals surface area contributed by atoms with Crippen molar-refractivity contribution < 1.29 is 9.59 Å². The summed E-state index contributed by atoms with van der Waals surface area (Å²) in [5.74, 6) is 6.27. The van der Waals surface area contributed by atoms with E-state index in [1.807, 2.05) is 12.1 Å². The standard InChI is InChI=1S/C14H15NO2S/c1-11(16)10-14(17)15-13-7-5-12(6-8-13)4-2-3-9-18/h5-8,18H,3,9-10H2,1H3,(H,15,17). The number of carbonyl (C=O) groups is 2. The summed E-state index contributed by atoms with van der Waals surface area (Å²) in [4.78, 5) is 22.1. The summed E-state index contributed by atoms with van der Waals surface area (Å²) in [7, 11) is 0. The van der Waals surface area contributed by atoms with E-state index < -0.39 is 0 Å². The van der Waals surface area contributed by atoms with E-state index in [4.69, 9.17) is 0 Å². The second-order valence-corrected chi connectivity index (χ2v) is 4.23. The van der Waals surface area contributed by atoms with Crippen LogP contribution in [0.4, 0.5) is 5.69 Å². The van der Waals surface area contributed by atoms with Crippen LogP contribution in [0, 0.1) is 11.8 Å². The Balaban J connectivity index is 2.58. The fourth-order valence-corrected chi connectivity index (χ4v) is 1.40. The summed E-state index contributed by atoms with van der Waals surface area (Å²) in [5, 5.41) is 2.65. The first-order valence-corrected chi connectivity index (χ1v) is 6.24. The highest BCUT2D eigenvalue weighted by atomic mass is 32.1. The zero-order valence-corrected chi connectivity index (χ0v) is 11.1. The molecule has 4 heteroatoms. The number of rotatable bonds is 4. The molecule has 1 amide bonds. The summed E-state index contributed by atoms with van der Waals surface area (Å²) < 4.78 is 0. The monoisotopic (exact) mass is 261 g/mol. The predicted molar refractivity (Wildman–Crippen MR) is 75.7 cm³/mol. The smallest absolute Gasteiger partial charge is 0.231 e. The Labute approximate surface area is 112 Å². The number of hydrogen-bond acceptors (Lipinski definition) is 3. The van der Waals surface area contributed by atoms with Gasteiger partial charge in [-0.15, -0.1) is 0 Å². The zero-order chi connectivity index (χ0) is 13.4. The number of nitrogens with one attached hydrogen (secondary N) is 1. The van der Waals surface area contributed by atoms with Crippen LogP contribution in [0.5, 0.6) is 0 Å². The average Bonchev–Trinajstić information content (AvgIpc) is 2.30. The number of hydrogen-bond donors (Lipinski definition) is 2. The van der Waals surface area contributed by atoms with E-state index in [-0.39, 0.29) is 18.1 Å². The van der Waals surface area contributed by atoms with Gasteiger partial charge in [0.25, 0.3) is 0 Å². The lowest BCUT2D eigenvalue weighted by Gasteiger charge is -2.03. The number of thiol groups is 1. The van der Waals surface area contributed by atoms with Gasteiger partial charge in [0.2, 0.25) is 5.91 Å².